The summed E-state index contributed by atoms with van der Waals surface area (Å²) in [6.07, 6.45) is 3.84. The zero-order valence-electron chi connectivity index (χ0n) is 20.1. The summed E-state index contributed by atoms with van der Waals surface area (Å²) in [6, 6.07) is 22.2. The Hall–Kier alpha value is -4.11. The molecule has 0 radical (unpaired) electrons. The van der Waals surface area contributed by atoms with E-state index < -0.39 is 22.1 Å². The number of nitrogens with one attached hydrogen (secondary N) is 2. The molecule has 36 heavy (non-hydrogen) atoms. The fourth-order valence-corrected chi connectivity index (χ4v) is 5.12. The van der Waals surface area contributed by atoms with E-state index in [2.05, 4.69) is 15.0 Å². The van der Waals surface area contributed by atoms with Crippen molar-refractivity contribution in [3.05, 3.63) is 108 Å². The molecule has 0 saturated heterocycles. The smallest absolute Gasteiger partial charge is 0.329 e. The van der Waals surface area contributed by atoms with E-state index >= 15 is 0 Å². The molecule has 9 heteroatoms. The number of hydrogen-bond acceptors (Lipinski definition) is 5. The van der Waals surface area contributed by atoms with Gasteiger partial charge in [-0.15, -0.1) is 0 Å². The van der Waals surface area contributed by atoms with Crippen LogP contribution in [-0.2, 0) is 16.4 Å². The Bertz CT molecular complexity index is 1430. The lowest BCUT2D eigenvalue weighted by Crippen LogP contribution is -2.42. The molecule has 0 aliphatic rings. The van der Waals surface area contributed by atoms with E-state index in [0.717, 1.165) is 11.3 Å². The van der Waals surface area contributed by atoms with Crippen LogP contribution in [0.25, 0.3) is 5.69 Å². The molecule has 0 aliphatic heterocycles. The molecule has 2 N–H and O–H groups in total. The summed E-state index contributed by atoms with van der Waals surface area (Å²) >= 11 is 0. The number of carbonyl (C=O) groups excluding carboxylic acids is 1. The monoisotopic (exact) mass is 504 g/mol. The third-order valence-electron chi connectivity index (χ3n) is 5.59. The summed E-state index contributed by atoms with van der Waals surface area (Å²) in [5.74, 6) is 1.26. The van der Waals surface area contributed by atoms with Crippen molar-refractivity contribution in [1.29, 1.82) is 0 Å². The number of urea groups is 1. The number of sulfonamides is 1. The van der Waals surface area contributed by atoms with E-state index in [1.54, 1.807) is 37.5 Å². The molecular formula is C27H28N4O4S. The molecule has 2 amide bonds. The van der Waals surface area contributed by atoms with Crippen LogP contribution in [0.15, 0.2) is 96.2 Å². The van der Waals surface area contributed by atoms with Crippen LogP contribution in [-0.4, -0.2) is 30.6 Å². The molecule has 0 fully saturated rings. The summed E-state index contributed by atoms with van der Waals surface area (Å²) < 4.78 is 35.4. The molecule has 0 aliphatic carbocycles. The Labute approximate surface area is 211 Å². The van der Waals surface area contributed by atoms with Gasteiger partial charge in [0.25, 0.3) is 10.0 Å². The Balaban J connectivity index is 1.64. The van der Waals surface area contributed by atoms with Gasteiger partial charge in [-0.1, -0.05) is 54.6 Å². The van der Waals surface area contributed by atoms with Crippen molar-refractivity contribution in [1.82, 2.24) is 19.6 Å². The maximum Gasteiger partial charge on any atom is 0.329 e. The predicted molar refractivity (Wildman–Crippen MR) is 138 cm³/mol. The van der Waals surface area contributed by atoms with Crippen LogP contribution in [0.5, 0.6) is 5.75 Å². The molecule has 1 heterocycles. The SMILES string of the molecule is CCOc1cccc(-n2ccnc2[C@H](Cc2ccccc2)NC(=O)NS(=O)(=O)c2ccccc2C)c1. The molecule has 8 nitrogen and oxygen atoms in total. The van der Waals surface area contributed by atoms with Gasteiger partial charge in [0.1, 0.15) is 11.6 Å². The van der Waals surface area contributed by atoms with Crippen molar-refractivity contribution < 1.29 is 17.9 Å². The van der Waals surface area contributed by atoms with E-state index in [-0.39, 0.29) is 4.90 Å². The molecule has 0 unspecified atom stereocenters. The fourth-order valence-electron chi connectivity index (χ4n) is 3.96. The van der Waals surface area contributed by atoms with E-state index in [1.165, 1.54) is 6.07 Å². The zero-order valence-corrected chi connectivity index (χ0v) is 20.9. The molecular weight excluding hydrogens is 476 g/mol. The van der Waals surface area contributed by atoms with E-state index in [9.17, 15) is 13.2 Å². The summed E-state index contributed by atoms with van der Waals surface area (Å²) in [5.41, 5.74) is 2.31. The van der Waals surface area contributed by atoms with E-state index in [1.807, 2.05) is 66.1 Å². The normalized spacial score (nSPS) is 12.1. The standard InChI is InChI=1S/C27H28N4O4S/c1-3-35-23-14-9-13-22(19-23)31-17-16-28-26(31)24(18-21-11-5-4-6-12-21)29-27(32)30-36(33,34)25-15-8-7-10-20(25)2/h4-17,19,24H,3,18H2,1-2H3,(H2,29,30,32)/t24-/m0/s1. The second-order valence-corrected chi connectivity index (χ2v) is 9.82. The van der Waals surface area contributed by atoms with Crippen LogP contribution >= 0.6 is 0 Å². The minimum Gasteiger partial charge on any atom is -0.494 e. The second kappa shape index (κ2) is 11.1. The number of amides is 2. The molecule has 0 bridgehead atoms. The number of rotatable bonds is 9. The maximum absolute atomic E-state index is 13.0. The molecule has 1 atom stereocenters. The van der Waals surface area contributed by atoms with Gasteiger partial charge in [0.15, 0.2) is 0 Å². The van der Waals surface area contributed by atoms with Crippen molar-refractivity contribution in [2.45, 2.75) is 31.2 Å². The number of ether oxygens (including phenoxy) is 1. The molecule has 186 valence electrons. The average Bonchev–Trinajstić information content (AvgIpc) is 3.35. The van der Waals surface area contributed by atoms with Crippen LogP contribution in [0.2, 0.25) is 0 Å². The molecule has 4 rings (SSSR count). The minimum absolute atomic E-state index is 0.0500. The lowest BCUT2D eigenvalue weighted by atomic mass is 10.1. The Morgan fingerprint density at radius 3 is 2.53 bits per heavy atom. The van der Waals surface area contributed by atoms with Crippen LogP contribution in [0.1, 0.15) is 29.9 Å². The van der Waals surface area contributed by atoms with E-state index in [0.29, 0.717) is 30.2 Å². The number of aromatic nitrogens is 2. The number of imidazole rings is 1. The van der Waals surface area contributed by atoms with Gasteiger partial charge in [-0.3, -0.25) is 0 Å². The maximum atomic E-state index is 13.0. The van der Waals surface area contributed by atoms with Gasteiger partial charge in [-0.25, -0.2) is 22.9 Å². The highest BCUT2D eigenvalue weighted by atomic mass is 32.2. The first-order valence-electron chi connectivity index (χ1n) is 11.6. The number of carbonyl (C=O) groups is 1. The van der Waals surface area contributed by atoms with Crippen molar-refractivity contribution in [3.63, 3.8) is 0 Å². The number of nitrogens with zero attached hydrogens (tertiary/aromatic N) is 2. The summed E-state index contributed by atoms with van der Waals surface area (Å²) in [5, 5.41) is 2.82. The largest absolute Gasteiger partial charge is 0.494 e. The summed E-state index contributed by atoms with van der Waals surface area (Å²) in [7, 11) is -4.06. The Morgan fingerprint density at radius 2 is 1.78 bits per heavy atom. The second-order valence-electron chi connectivity index (χ2n) is 8.17. The highest BCUT2D eigenvalue weighted by molar-refractivity contribution is 7.90. The van der Waals surface area contributed by atoms with Gasteiger partial charge in [-0.2, -0.15) is 0 Å². The first kappa shape index (κ1) is 25.0. The molecule has 4 aromatic rings. The zero-order chi connectivity index (χ0) is 25.5. The molecule has 0 spiro atoms. The molecule has 0 saturated carbocycles. The highest BCUT2D eigenvalue weighted by Gasteiger charge is 2.25. The molecule has 3 aromatic carbocycles. The first-order chi connectivity index (χ1) is 17.4. The Kier molecular flexibility index (Phi) is 7.70. The Morgan fingerprint density at radius 1 is 1.03 bits per heavy atom. The van der Waals surface area contributed by atoms with Crippen molar-refractivity contribution in [3.8, 4) is 11.4 Å². The topological polar surface area (TPSA) is 102 Å². The lowest BCUT2D eigenvalue weighted by Gasteiger charge is -2.21. The van der Waals surface area contributed by atoms with Crippen LogP contribution < -0.4 is 14.8 Å². The lowest BCUT2D eigenvalue weighted by molar-refractivity contribution is 0.241. The third-order valence-corrected chi connectivity index (χ3v) is 7.08. The van der Waals surface area contributed by atoms with Crippen LogP contribution in [0.4, 0.5) is 4.79 Å². The van der Waals surface area contributed by atoms with Gasteiger partial charge in [0, 0.05) is 18.5 Å². The highest BCUT2D eigenvalue weighted by Crippen LogP contribution is 2.24. The number of benzene rings is 3. The summed E-state index contributed by atoms with van der Waals surface area (Å²) in [4.78, 5) is 17.5. The minimum atomic E-state index is -4.06. The average molecular weight is 505 g/mol. The number of hydrogen-bond donors (Lipinski definition) is 2. The van der Waals surface area contributed by atoms with Gasteiger partial charge in [0.05, 0.1) is 23.2 Å². The van der Waals surface area contributed by atoms with Crippen molar-refractivity contribution in [2.24, 2.45) is 0 Å². The fraction of sp³-hybridized carbons (Fsp3) is 0.185. The van der Waals surface area contributed by atoms with Crippen molar-refractivity contribution in [2.75, 3.05) is 6.61 Å². The van der Waals surface area contributed by atoms with Crippen molar-refractivity contribution >= 4 is 16.1 Å². The third kappa shape index (κ3) is 5.92. The predicted octanol–water partition coefficient (Wildman–Crippen LogP) is 4.55. The van der Waals surface area contributed by atoms with Gasteiger partial charge < -0.3 is 14.6 Å². The van der Waals surface area contributed by atoms with Gasteiger partial charge in [0.2, 0.25) is 0 Å². The van der Waals surface area contributed by atoms with Crippen LogP contribution in [0.3, 0.4) is 0 Å². The van der Waals surface area contributed by atoms with Gasteiger partial charge >= 0.3 is 6.03 Å². The van der Waals surface area contributed by atoms with Gasteiger partial charge in [-0.05, 0) is 49.6 Å². The summed E-state index contributed by atoms with van der Waals surface area (Å²) in [6.45, 7) is 4.13. The molecule has 1 aromatic heterocycles. The number of aryl methyl sites for hydroxylation is 1. The quantitative estimate of drug-likeness (QED) is 0.348. The van der Waals surface area contributed by atoms with E-state index in [4.69, 9.17) is 4.74 Å². The first-order valence-corrected chi connectivity index (χ1v) is 13.0. The van der Waals surface area contributed by atoms with Crippen LogP contribution in [0, 0.1) is 6.92 Å².